The van der Waals surface area contributed by atoms with E-state index in [1.54, 1.807) is 0 Å². The Labute approximate surface area is 66.7 Å². The maximum atomic E-state index is 10.4. The van der Waals surface area contributed by atoms with Crippen LogP contribution in [0, 0.1) is 0 Å². The van der Waals surface area contributed by atoms with Crippen molar-refractivity contribution in [2.75, 3.05) is 20.1 Å². The number of amides is 2. The highest BCUT2D eigenvalue weighted by molar-refractivity contribution is 5.71. The quantitative estimate of drug-likeness (QED) is 0.580. The Morgan fingerprint density at radius 1 is 1.82 bits per heavy atom. The van der Waals surface area contributed by atoms with E-state index in [1.165, 1.54) is 6.42 Å². The molecule has 1 atom stereocenters. The second kappa shape index (κ2) is 3.57. The van der Waals surface area contributed by atoms with Crippen LogP contribution in [0.15, 0.2) is 0 Å². The Balaban J connectivity index is 2.20. The predicted octanol–water partition coefficient (Wildman–Crippen LogP) is -0.251. The van der Waals surface area contributed by atoms with Gasteiger partial charge < -0.3 is 16.0 Å². The highest BCUT2D eigenvalue weighted by atomic mass is 16.2. The molecule has 0 aromatic carbocycles. The van der Waals surface area contributed by atoms with Gasteiger partial charge >= 0.3 is 6.03 Å². The van der Waals surface area contributed by atoms with E-state index in [1.807, 2.05) is 0 Å². The van der Waals surface area contributed by atoms with Crippen molar-refractivity contribution in [3.63, 3.8) is 0 Å². The summed E-state index contributed by atoms with van der Waals surface area (Å²) in [5.41, 5.74) is 4.95. The first-order chi connectivity index (χ1) is 5.20. The fraction of sp³-hybridized carbons (Fsp3) is 0.857. The molecule has 11 heavy (non-hydrogen) atoms. The van der Waals surface area contributed by atoms with E-state index >= 15 is 0 Å². The Kier molecular flexibility index (Phi) is 2.70. The Morgan fingerprint density at radius 2 is 2.55 bits per heavy atom. The molecule has 0 aliphatic carbocycles. The number of carbonyl (C=O) groups excluding carboxylic acids is 1. The first-order valence-corrected chi connectivity index (χ1v) is 3.93. The molecule has 0 aromatic heterocycles. The number of hydrogen-bond acceptors (Lipinski definition) is 2. The Morgan fingerprint density at radius 3 is 3.00 bits per heavy atom. The van der Waals surface area contributed by atoms with Gasteiger partial charge in [0.05, 0.1) is 0 Å². The van der Waals surface area contributed by atoms with E-state index in [2.05, 4.69) is 17.3 Å². The molecule has 0 saturated carbocycles. The molecular formula is C7H15N3O. The Hall–Kier alpha value is -0.770. The molecule has 1 aliphatic rings. The van der Waals surface area contributed by atoms with E-state index in [0.29, 0.717) is 12.6 Å². The number of likely N-dealkylation sites (N-methyl/N-ethyl adjacent to an activating group) is 1. The van der Waals surface area contributed by atoms with E-state index in [9.17, 15) is 4.79 Å². The molecule has 1 aliphatic heterocycles. The lowest BCUT2D eigenvalue weighted by molar-refractivity contribution is 0.242. The number of rotatable bonds is 2. The maximum absolute atomic E-state index is 10.4. The lowest BCUT2D eigenvalue weighted by atomic mass is 10.2. The Bertz CT molecular complexity index is 149. The van der Waals surface area contributed by atoms with E-state index in [0.717, 1.165) is 13.0 Å². The smallest absolute Gasteiger partial charge is 0.312 e. The van der Waals surface area contributed by atoms with Crippen molar-refractivity contribution in [2.24, 2.45) is 5.73 Å². The van der Waals surface area contributed by atoms with Crippen molar-refractivity contribution in [1.82, 2.24) is 10.2 Å². The number of likely N-dealkylation sites (tertiary alicyclic amines) is 1. The molecule has 1 fully saturated rings. The van der Waals surface area contributed by atoms with Gasteiger partial charge in [-0.15, -0.1) is 0 Å². The third-order valence-electron chi connectivity index (χ3n) is 2.18. The maximum Gasteiger partial charge on any atom is 0.312 e. The summed E-state index contributed by atoms with van der Waals surface area (Å²) in [4.78, 5) is 12.6. The molecule has 1 rings (SSSR count). The molecule has 0 bridgehead atoms. The SMILES string of the molecule is CN1CCC[C@H]1CNC(N)=O. The summed E-state index contributed by atoms with van der Waals surface area (Å²) in [5, 5.41) is 2.62. The third kappa shape index (κ3) is 2.38. The summed E-state index contributed by atoms with van der Waals surface area (Å²) in [7, 11) is 2.07. The molecule has 1 saturated heterocycles. The van der Waals surface area contributed by atoms with Gasteiger partial charge in [-0.3, -0.25) is 0 Å². The molecule has 0 radical (unpaired) electrons. The number of nitrogens with two attached hydrogens (primary N) is 1. The van der Waals surface area contributed by atoms with Crippen molar-refractivity contribution < 1.29 is 4.79 Å². The third-order valence-corrected chi connectivity index (χ3v) is 2.18. The first kappa shape index (κ1) is 8.33. The van der Waals surface area contributed by atoms with Gasteiger partial charge in [0.15, 0.2) is 0 Å². The van der Waals surface area contributed by atoms with Crippen LogP contribution in [0.1, 0.15) is 12.8 Å². The molecule has 0 spiro atoms. The molecule has 64 valence electrons. The molecule has 0 aromatic rings. The second-order valence-corrected chi connectivity index (χ2v) is 3.02. The number of nitrogens with zero attached hydrogens (tertiary/aromatic N) is 1. The molecule has 1 heterocycles. The average Bonchev–Trinajstić information content (AvgIpc) is 2.31. The number of hydrogen-bond donors (Lipinski definition) is 2. The highest BCUT2D eigenvalue weighted by Crippen LogP contribution is 2.13. The van der Waals surface area contributed by atoms with Gasteiger partial charge in [-0.05, 0) is 26.4 Å². The van der Waals surface area contributed by atoms with Crippen LogP contribution in [-0.2, 0) is 0 Å². The van der Waals surface area contributed by atoms with Crippen molar-refractivity contribution >= 4 is 6.03 Å². The van der Waals surface area contributed by atoms with Crippen molar-refractivity contribution in [3.05, 3.63) is 0 Å². The predicted molar refractivity (Wildman–Crippen MR) is 43.2 cm³/mol. The molecule has 4 heteroatoms. The van der Waals surface area contributed by atoms with Gasteiger partial charge in [0, 0.05) is 12.6 Å². The van der Waals surface area contributed by atoms with E-state index in [4.69, 9.17) is 5.73 Å². The van der Waals surface area contributed by atoms with Crippen LogP contribution in [0.25, 0.3) is 0 Å². The fourth-order valence-corrected chi connectivity index (χ4v) is 1.46. The minimum absolute atomic E-state index is 0.426. The van der Waals surface area contributed by atoms with E-state index in [-0.39, 0.29) is 0 Å². The van der Waals surface area contributed by atoms with Gasteiger partial charge in [0.2, 0.25) is 0 Å². The molecule has 0 unspecified atom stereocenters. The highest BCUT2D eigenvalue weighted by Gasteiger charge is 2.20. The minimum Gasteiger partial charge on any atom is -0.352 e. The van der Waals surface area contributed by atoms with E-state index < -0.39 is 6.03 Å². The standard InChI is InChI=1S/C7H15N3O/c1-10-4-2-3-6(10)5-9-7(8)11/h6H,2-5H2,1H3,(H3,8,9,11)/t6-/m0/s1. The monoisotopic (exact) mass is 157 g/mol. The normalized spacial score (nSPS) is 25.4. The first-order valence-electron chi connectivity index (χ1n) is 3.93. The lowest BCUT2D eigenvalue weighted by Gasteiger charge is -2.18. The summed E-state index contributed by atoms with van der Waals surface area (Å²) >= 11 is 0. The lowest BCUT2D eigenvalue weighted by Crippen LogP contribution is -2.40. The van der Waals surface area contributed by atoms with Crippen molar-refractivity contribution in [1.29, 1.82) is 0 Å². The molecular weight excluding hydrogens is 142 g/mol. The largest absolute Gasteiger partial charge is 0.352 e. The summed E-state index contributed by atoms with van der Waals surface area (Å²) in [5.74, 6) is 0. The summed E-state index contributed by atoms with van der Waals surface area (Å²) < 4.78 is 0. The number of carbonyl (C=O) groups is 1. The average molecular weight is 157 g/mol. The van der Waals surface area contributed by atoms with Crippen LogP contribution >= 0.6 is 0 Å². The topological polar surface area (TPSA) is 58.4 Å². The van der Waals surface area contributed by atoms with Crippen molar-refractivity contribution in [2.45, 2.75) is 18.9 Å². The summed E-state index contributed by atoms with van der Waals surface area (Å²) in [6, 6.07) is 0.0628. The number of nitrogens with one attached hydrogen (secondary N) is 1. The van der Waals surface area contributed by atoms with Crippen LogP contribution in [0.5, 0.6) is 0 Å². The number of urea groups is 1. The molecule has 4 nitrogen and oxygen atoms in total. The van der Waals surface area contributed by atoms with Gasteiger partial charge in [-0.2, -0.15) is 0 Å². The van der Waals surface area contributed by atoms with Crippen LogP contribution in [0.3, 0.4) is 0 Å². The van der Waals surface area contributed by atoms with Gasteiger partial charge in [0.1, 0.15) is 0 Å². The molecule has 3 N–H and O–H groups in total. The zero-order valence-corrected chi connectivity index (χ0v) is 6.84. The van der Waals surface area contributed by atoms with Crippen molar-refractivity contribution in [3.8, 4) is 0 Å². The zero-order valence-electron chi connectivity index (χ0n) is 6.84. The second-order valence-electron chi connectivity index (χ2n) is 3.02. The summed E-state index contributed by atoms with van der Waals surface area (Å²) in [6.07, 6.45) is 2.39. The van der Waals surface area contributed by atoms with Crippen LogP contribution in [0.4, 0.5) is 4.79 Å². The van der Waals surface area contributed by atoms with Gasteiger partial charge in [-0.25, -0.2) is 4.79 Å². The number of primary amides is 1. The minimum atomic E-state index is -0.426. The van der Waals surface area contributed by atoms with Gasteiger partial charge in [-0.1, -0.05) is 0 Å². The zero-order chi connectivity index (χ0) is 8.27. The van der Waals surface area contributed by atoms with Gasteiger partial charge in [0.25, 0.3) is 0 Å². The summed E-state index contributed by atoms with van der Waals surface area (Å²) in [6.45, 7) is 1.82. The molecule has 2 amide bonds. The fourth-order valence-electron chi connectivity index (χ4n) is 1.46. The van der Waals surface area contributed by atoms with Crippen LogP contribution < -0.4 is 11.1 Å². The van der Waals surface area contributed by atoms with Crippen LogP contribution in [0.2, 0.25) is 0 Å². The van der Waals surface area contributed by atoms with Crippen LogP contribution in [-0.4, -0.2) is 37.1 Å².